The van der Waals surface area contributed by atoms with Gasteiger partial charge in [0, 0.05) is 19.2 Å². The number of nitrogens with zero attached hydrogens (tertiary/aromatic N) is 2. The van der Waals surface area contributed by atoms with E-state index in [1.165, 1.54) is 12.8 Å². The average molecular weight is 152 g/mol. The molecule has 0 spiro atoms. The van der Waals surface area contributed by atoms with Gasteiger partial charge in [0.25, 0.3) is 0 Å². The van der Waals surface area contributed by atoms with Crippen molar-refractivity contribution in [1.82, 2.24) is 4.90 Å². The van der Waals surface area contributed by atoms with Gasteiger partial charge in [0.2, 0.25) is 0 Å². The Morgan fingerprint density at radius 1 is 1.55 bits per heavy atom. The van der Waals surface area contributed by atoms with E-state index in [2.05, 4.69) is 22.3 Å². The van der Waals surface area contributed by atoms with Crippen LogP contribution in [0.5, 0.6) is 0 Å². The Kier molecular flexibility index (Phi) is 1.79. The first-order chi connectivity index (χ1) is 5.47. The third-order valence-corrected chi connectivity index (χ3v) is 1.97. The molecule has 0 unspecified atom stereocenters. The molecular formula is C8H12N2O. The van der Waals surface area contributed by atoms with E-state index in [9.17, 15) is 0 Å². The van der Waals surface area contributed by atoms with Crippen LogP contribution in [0.25, 0.3) is 0 Å². The predicted molar refractivity (Wildman–Crippen MR) is 43.1 cm³/mol. The highest BCUT2D eigenvalue weighted by molar-refractivity contribution is 5.83. The molecule has 0 N–H and O–H groups in total. The van der Waals surface area contributed by atoms with Gasteiger partial charge in [-0.15, -0.1) is 0 Å². The summed E-state index contributed by atoms with van der Waals surface area (Å²) < 4.78 is 0. The molecule has 2 aliphatic rings. The first-order valence-corrected chi connectivity index (χ1v) is 4.09. The molecule has 2 aliphatic heterocycles. The maximum absolute atomic E-state index is 4.92. The summed E-state index contributed by atoms with van der Waals surface area (Å²) >= 11 is 0. The third-order valence-electron chi connectivity index (χ3n) is 1.97. The van der Waals surface area contributed by atoms with Crippen LogP contribution in [0.4, 0.5) is 0 Å². The van der Waals surface area contributed by atoms with Crippen LogP contribution in [-0.2, 0) is 4.84 Å². The van der Waals surface area contributed by atoms with Gasteiger partial charge in [-0.3, -0.25) is 0 Å². The molecular weight excluding hydrogens is 140 g/mol. The number of allylic oxidation sites excluding steroid dienone is 1. The largest absolute Gasteiger partial charge is 0.394 e. The first-order valence-electron chi connectivity index (χ1n) is 4.09. The molecule has 0 aliphatic carbocycles. The Bertz CT molecular complexity index is 198. The fourth-order valence-electron chi connectivity index (χ4n) is 1.37. The van der Waals surface area contributed by atoms with E-state index in [-0.39, 0.29) is 0 Å². The minimum Gasteiger partial charge on any atom is -0.394 e. The molecule has 0 bridgehead atoms. The third kappa shape index (κ3) is 1.37. The summed E-state index contributed by atoms with van der Waals surface area (Å²) in [6.45, 7) is 1.85. The lowest BCUT2D eigenvalue weighted by atomic mass is 10.2. The summed E-state index contributed by atoms with van der Waals surface area (Å²) in [4.78, 5) is 7.10. The molecule has 0 aromatic heterocycles. The molecule has 0 radical (unpaired) electrons. The van der Waals surface area contributed by atoms with Gasteiger partial charge in [-0.2, -0.15) is 0 Å². The minimum atomic E-state index is 0.750. The molecule has 3 heteroatoms. The van der Waals surface area contributed by atoms with Crippen molar-refractivity contribution in [2.24, 2.45) is 5.16 Å². The van der Waals surface area contributed by atoms with Crippen molar-refractivity contribution < 1.29 is 4.84 Å². The second kappa shape index (κ2) is 2.95. The summed E-state index contributed by atoms with van der Waals surface area (Å²) in [5, 5.41) is 3.95. The zero-order valence-electron chi connectivity index (χ0n) is 6.49. The van der Waals surface area contributed by atoms with Gasteiger partial charge in [0.05, 0.1) is 0 Å². The maximum atomic E-state index is 4.92. The standard InChI is InChI=1S/C8H12N2O/c1-2-5-10(6-3-1)8-4-7-11-9-8/h2,5H,1,3-4,6-7H2. The van der Waals surface area contributed by atoms with Crippen molar-refractivity contribution >= 4 is 5.84 Å². The number of rotatable bonds is 0. The van der Waals surface area contributed by atoms with E-state index >= 15 is 0 Å². The topological polar surface area (TPSA) is 24.8 Å². The highest BCUT2D eigenvalue weighted by Crippen LogP contribution is 2.11. The Labute approximate surface area is 66.3 Å². The summed E-state index contributed by atoms with van der Waals surface area (Å²) in [6, 6.07) is 0. The lowest BCUT2D eigenvalue weighted by Gasteiger charge is -2.21. The molecule has 3 nitrogen and oxygen atoms in total. The van der Waals surface area contributed by atoms with Gasteiger partial charge < -0.3 is 9.74 Å². The summed E-state index contributed by atoms with van der Waals surface area (Å²) in [5.74, 6) is 1.08. The van der Waals surface area contributed by atoms with Gasteiger partial charge in [-0.25, -0.2) is 0 Å². The molecule has 0 saturated carbocycles. The predicted octanol–water partition coefficient (Wildman–Crippen LogP) is 1.33. The molecule has 0 aromatic rings. The van der Waals surface area contributed by atoms with Crippen LogP contribution in [-0.4, -0.2) is 23.9 Å². The minimum absolute atomic E-state index is 0.750. The van der Waals surface area contributed by atoms with Crippen molar-refractivity contribution in [1.29, 1.82) is 0 Å². The van der Waals surface area contributed by atoms with E-state index in [0.29, 0.717) is 0 Å². The molecule has 0 amide bonds. The average Bonchev–Trinajstić information content (AvgIpc) is 2.58. The van der Waals surface area contributed by atoms with Crippen LogP contribution in [0.3, 0.4) is 0 Å². The van der Waals surface area contributed by atoms with E-state index in [1.54, 1.807) is 0 Å². The second-order valence-corrected chi connectivity index (χ2v) is 2.81. The van der Waals surface area contributed by atoms with Gasteiger partial charge in [-0.1, -0.05) is 11.2 Å². The van der Waals surface area contributed by atoms with Crippen molar-refractivity contribution in [3.63, 3.8) is 0 Å². The van der Waals surface area contributed by atoms with Crippen LogP contribution < -0.4 is 0 Å². The molecule has 2 heterocycles. The normalized spacial score (nSPS) is 23.3. The van der Waals surface area contributed by atoms with E-state index < -0.39 is 0 Å². The fraction of sp³-hybridized carbons (Fsp3) is 0.625. The molecule has 0 atom stereocenters. The van der Waals surface area contributed by atoms with Gasteiger partial charge in [0.1, 0.15) is 6.61 Å². The van der Waals surface area contributed by atoms with Crippen LogP contribution in [0.2, 0.25) is 0 Å². The second-order valence-electron chi connectivity index (χ2n) is 2.81. The quantitative estimate of drug-likeness (QED) is 0.523. The molecule has 60 valence electrons. The Morgan fingerprint density at radius 3 is 3.18 bits per heavy atom. The van der Waals surface area contributed by atoms with E-state index in [1.807, 2.05) is 0 Å². The SMILES string of the molecule is C1=CN(C2=NOCC2)CCC1. The van der Waals surface area contributed by atoms with Crippen molar-refractivity contribution in [3.05, 3.63) is 12.3 Å². The molecule has 0 aromatic carbocycles. The molecule has 0 saturated heterocycles. The Balaban J connectivity index is 2.02. The van der Waals surface area contributed by atoms with Crippen LogP contribution in [0.15, 0.2) is 17.4 Å². The number of oxime groups is 1. The monoisotopic (exact) mass is 152 g/mol. The van der Waals surface area contributed by atoms with E-state index in [0.717, 1.165) is 25.4 Å². The number of hydrogen-bond donors (Lipinski definition) is 0. The number of amidine groups is 1. The molecule has 0 fully saturated rings. The van der Waals surface area contributed by atoms with Crippen LogP contribution in [0.1, 0.15) is 19.3 Å². The van der Waals surface area contributed by atoms with Gasteiger partial charge >= 0.3 is 0 Å². The van der Waals surface area contributed by atoms with Gasteiger partial charge in [-0.05, 0) is 12.8 Å². The van der Waals surface area contributed by atoms with Crippen molar-refractivity contribution in [2.75, 3.05) is 13.2 Å². The lowest BCUT2D eigenvalue weighted by molar-refractivity contribution is 0.173. The maximum Gasteiger partial charge on any atom is 0.151 e. The Morgan fingerprint density at radius 2 is 2.55 bits per heavy atom. The molecule has 2 rings (SSSR count). The fourth-order valence-corrected chi connectivity index (χ4v) is 1.37. The number of hydrogen-bond acceptors (Lipinski definition) is 3. The van der Waals surface area contributed by atoms with E-state index in [4.69, 9.17) is 4.84 Å². The zero-order chi connectivity index (χ0) is 7.52. The van der Waals surface area contributed by atoms with Gasteiger partial charge in [0.15, 0.2) is 5.84 Å². The van der Waals surface area contributed by atoms with Crippen molar-refractivity contribution in [3.8, 4) is 0 Å². The zero-order valence-corrected chi connectivity index (χ0v) is 6.49. The highest BCUT2D eigenvalue weighted by Gasteiger charge is 2.15. The lowest BCUT2D eigenvalue weighted by Crippen LogP contribution is -2.27. The summed E-state index contributed by atoms with van der Waals surface area (Å²) in [6.07, 6.45) is 7.69. The molecule has 11 heavy (non-hydrogen) atoms. The first kappa shape index (κ1) is 6.70. The Hall–Kier alpha value is -0.990. The summed E-state index contributed by atoms with van der Waals surface area (Å²) in [5.41, 5.74) is 0. The van der Waals surface area contributed by atoms with Crippen LogP contribution >= 0.6 is 0 Å². The van der Waals surface area contributed by atoms with Crippen LogP contribution in [0, 0.1) is 0 Å². The smallest absolute Gasteiger partial charge is 0.151 e. The summed E-state index contributed by atoms with van der Waals surface area (Å²) in [7, 11) is 0. The highest BCUT2D eigenvalue weighted by atomic mass is 16.6. The van der Waals surface area contributed by atoms with Crippen molar-refractivity contribution in [2.45, 2.75) is 19.3 Å².